The molecular weight excluding hydrogens is 597 g/mol. The lowest BCUT2D eigenvalue weighted by atomic mass is 9.75. The minimum Gasteiger partial charge on any atom is -0.505 e. The zero-order valence-corrected chi connectivity index (χ0v) is 31.1. The Morgan fingerprint density at radius 1 is 1.06 bits per heavy atom. The van der Waals surface area contributed by atoms with Crippen molar-refractivity contribution in [2.45, 2.75) is 98.4 Å². The Balaban J connectivity index is 1.77. The van der Waals surface area contributed by atoms with E-state index in [1.54, 1.807) is 0 Å². The summed E-state index contributed by atoms with van der Waals surface area (Å²) in [6.07, 6.45) is 15.6. The summed E-state index contributed by atoms with van der Waals surface area (Å²) < 4.78 is 12.4. The average Bonchev–Trinajstić information content (AvgIpc) is 3.24. The van der Waals surface area contributed by atoms with Crippen LogP contribution < -0.4 is 4.90 Å². The number of benzene rings is 1. The molecule has 0 spiro atoms. The quantitative estimate of drug-likeness (QED) is 0.136. The Labute approximate surface area is 285 Å². The van der Waals surface area contributed by atoms with E-state index in [0.29, 0.717) is 5.57 Å². The molecule has 1 aromatic carbocycles. The molecule has 0 radical (unpaired) electrons. The molecule has 1 aromatic rings. The van der Waals surface area contributed by atoms with Crippen LogP contribution in [0, 0.1) is 29.9 Å². The smallest absolute Gasteiger partial charge is 0.292 e. The lowest BCUT2D eigenvalue weighted by Gasteiger charge is -2.37. The topological polar surface area (TPSA) is 54.2 Å². The van der Waals surface area contributed by atoms with Gasteiger partial charge in [-0.1, -0.05) is 90.1 Å². The molecule has 0 saturated heterocycles. The summed E-state index contributed by atoms with van der Waals surface area (Å²) in [4.78, 5) is 9.31. The van der Waals surface area contributed by atoms with Crippen molar-refractivity contribution in [3.05, 3.63) is 117 Å². The van der Waals surface area contributed by atoms with Crippen molar-refractivity contribution in [2.24, 2.45) is 5.41 Å². The number of anilines is 1. The molecular formula is C40H52N4O2Si. The highest BCUT2D eigenvalue weighted by atomic mass is 28.4. The van der Waals surface area contributed by atoms with Crippen molar-refractivity contribution in [3.63, 3.8) is 0 Å². The molecule has 0 aromatic heterocycles. The highest BCUT2D eigenvalue weighted by molar-refractivity contribution is 6.74. The molecule has 0 fully saturated rings. The number of ether oxygens (including phenoxy) is 1. The van der Waals surface area contributed by atoms with Crippen LogP contribution in [-0.4, -0.2) is 33.6 Å². The molecule has 1 aliphatic heterocycles. The fourth-order valence-corrected chi connectivity index (χ4v) is 6.73. The second-order valence-electron chi connectivity index (χ2n) is 15.2. The van der Waals surface area contributed by atoms with Crippen LogP contribution in [0.2, 0.25) is 18.1 Å². The Bertz CT molecular complexity index is 1610. The van der Waals surface area contributed by atoms with Crippen molar-refractivity contribution < 1.29 is 9.16 Å². The first-order valence-electron chi connectivity index (χ1n) is 16.5. The zero-order chi connectivity index (χ0) is 35.0. The van der Waals surface area contributed by atoms with Gasteiger partial charge in [-0.25, -0.2) is 15.0 Å². The second kappa shape index (κ2) is 15.2. The standard InChI is InChI=1S/C40H52N4O2Si/c1-13-23-44(24-25-45-47(11,12)38(2,3)4)33-21-19-30(20-22-33)17-18-32-26-31(27-39(5,6)28-32)15-14-16-34-36(43-10)37(35(29-41)42-9)46-40(34,7)8/h14-22,26H,13,23-25,27-28H2,1-8,11-12H3/b16-14+,18-17+,31-15-,37-35+. The van der Waals surface area contributed by atoms with E-state index >= 15 is 0 Å². The summed E-state index contributed by atoms with van der Waals surface area (Å²) >= 11 is 0. The Morgan fingerprint density at radius 3 is 2.32 bits per heavy atom. The van der Waals surface area contributed by atoms with Gasteiger partial charge in [-0.15, -0.1) is 0 Å². The third-order valence-corrected chi connectivity index (χ3v) is 13.7. The van der Waals surface area contributed by atoms with E-state index < -0.39 is 13.9 Å². The van der Waals surface area contributed by atoms with E-state index in [4.69, 9.17) is 22.3 Å². The van der Waals surface area contributed by atoms with Crippen LogP contribution in [0.4, 0.5) is 5.69 Å². The highest BCUT2D eigenvalue weighted by Crippen LogP contribution is 2.42. The highest BCUT2D eigenvalue weighted by Gasteiger charge is 2.39. The summed E-state index contributed by atoms with van der Waals surface area (Å²) in [6.45, 7) is 39.6. The molecule has 0 bridgehead atoms. The number of allylic oxidation sites excluding steroid dienone is 7. The van der Waals surface area contributed by atoms with Crippen molar-refractivity contribution >= 4 is 20.1 Å². The van der Waals surface area contributed by atoms with Crippen LogP contribution in [0.5, 0.6) is 0 Å². The van der Waals surface area contributed by atoms with Gasteiger partial charge in [0.1, 0.15) is 11.4 Å². The lowest BCUT2D eigenvalue weighted by molar-refractivity contribution is 0.0951. The van der Waals surface area contributed by atoms with Crippen LogP contribution in [0.1, 0.15) is 80.2 Å². The molecule has 2 aliphatic rings. The summed E-state index contributed by atoms with van der Waals surface area (Å²) in [7, 11) is -1.77. The van der Waals surface area contributed by atoms with E-state index in [1.807, 2.05) is 32.1 Å². The Hall–Kier alpha value is -4.09. The first-order chi connectivity index (χ1) is 22.0. The summed E-state index contributed by atoms with van der Waals surface area (Å²) in [5, 5.41) is 9.56. The molecule has 47 heavy (non-hydrogen) atoms. The van der Waals surface area contributed by atoms with Crippen LogP contribution in [-0.2, 0) is 9.16 Å². The molecule has 248 valence electrons. The van der Waals surface area contributed by atoms with Gasteiger partial charge in [-0.05, 0) is 85.5 Å². The molecule has 7 heteroatoms. The maximum atomic E-state index is 9.35. The average molecular weight is 649 g/mol. The number of nitrogens with zero attached hydrogens (tertiary/aromatic N) is 4. The summed E-state index contributed by atoms with van der Waals surface area (Å²) in [6, 6.07) is 10.7. The van der Waals surface area contributed by atoms with E-state index in [0.717, 1.165) is 39.0 Å². The van der Waals surface area contributed by atoms with Gasteiger partial charge < -0.3 is 14.1 Å². The fourth-order valence-electron chi connectivity index (χ4n) is 5.70. The normalized spacial score (nSPS) is 19.7. The molecule has 0 saturated carbocycles. The van der Waals surface area contributed by atoms with Crippen LogP contribution in [0.25, 0.3) is 15.8 Å². The van der Waals surface area contributed by atoms with E-state index in [2.05, 4.69) is 118 Å². The number of hydrogen-bond acceptors (Lipinski definition) is 4. The Kier molecular flexibility index (Phi) is 12.1. The molecule has 0 unspecified atom stereocenters. The number of hydrogen-bond donors (Lipinski definition) is 0. The van der Waals surface area contributed by atoms with Gasteiger partial charge >= 0.3 is 0 Å². The predicted octanol–water partition coefficient (Wildman–Crippen LogP) is 10.8. The molecule has 1 aliphatic carbocycles. The van der Waals surface area contributed by atoms with E-state index in [-0.39, 0.29) is 27.6 Å². The molecule has 0 N–H and O–H groups in total. The van der Waals surface area contributed by atoms with Crippen molar-refractivity contribution in [3.8, 4) is 6.07 Å². The Morgan fingerprint density at radius 2 is 1.74 bits per heavy atom. The van der Waals surface area contributed by atoms with Crippen LogP contribution >= 0.6 is 0 Å². The van der Waals surface area contributed by atoms with E-state index in [9.17, 15) is 5.26 Å². The molecule has 1 heterocycles. The van der Waals surface area contributed by atoms with Gasteiger partial charge in [-0.3, -0.25) is 0 Å². The van der Waals surface area contributed by atoms with E-state index in [1.165, 1.54) is 22.4 Å². The van der Waals surface area contributed by atoms with Crippen molar-refractivity contribution in [1.82, 2.24) is 0 Å². The van der Waals surface area contributed by atoms with Crippen molar-refractivity contribution in [1.29, 1.82) is 5.26 Å². The first kappa shape index (κ1) is 37.4. The maximum Gasteiger partial charge on any atom is 0.292 e. The molecule has 6 nitrogen and oxygen atoms in total. The minimum atomic E-state index is -1.77. The van der Waals surface area contributed by atoms with Crippen LogP contribution in [0.3, 0.4) is 0 Å². The fraction of sp³-hybridized carbons (Fsp3) is 0.475. The summed E-state index contributed by atoms with van der Waals surface area (Å²) in [5.74, 6) is 0.0719. The zero-order valence-electron chi connectivity index (χ0n) is 30.1. The molecule has 0 amide bonds. The third-order valence-electron chi connectivity index (χ3n) is 9.20. The van der Waals surface area contributed by atoms with Gasteiger partial charge in [-0.2, -0.15) is 0 Å². The van der Waals surface area contributed by atoms with Gasteiger partial charge in [0, 0.05) is 24.4 Å². The number of nitriles is 1. The first-order valence-corrected chi connectivity index (χ1v) is 19.5. The van der Waals surface area contributed by atoms with Gasteiger partial charge in [0.05, 0.1) is 25.8 Å². The SMILES string of the molecule is [C-]#[N+]C1=C(/C=C/C=C2C=C(/C=C/c3ccc(N(CCC)CCO[Si](C)(C)C(C)(C)C)cc3)CC(C)(C)C/2)C(C)(C)O/C1=C(\C#N)[N+]#[C-]. The van der Waals surface area contributed by atoms with Gasteiger partial charge in [0.15, 0.2) is 8.32 Å². The lowest BCUT2D eigenvalue weighted by Crippen LogP contribution is -2.43. The maximum absolute atomic E-state index is 9.35. The summed E-state index contributed by atoms with van der Waals surface area (Å²) in [5.41, 5.74) is 4.86. The number of rotatable bonds is 11. The minimum absolute atomic E-state index is 0.0719. The van der Waals surface area contributed by atoms with Gasteiger partial charge in [0.25, 0.3) is 5.70 Å². The van der Waals surface area contributed by atoms with Crippen molar-refractivity contribution in [2.75, 3.05) is 24.6 Å². The predicted molar refractivity (Wildman–Crippen MR) is 197 cm³/mol. The second-order valence-corrected chi connectivity index (χ2v) is 20.1. The molecule has 3 rings (SSSR count). The molecule has 0 atom stereocenters. The monoisotopic (exact) mass is 648 g/mol. The van der Waals surface area contributed by atoms with Gasteiger partial charge in [0.2, 0.25) is 5.70 Å². The van der Waals surface area contributed by atoms with Crippen LogP contribution in [0.15, 0.2) is 88.5 Å². The largest absolute Gasteiger partial charge is 0.505 e. The third kappa shape index (κ3) is 9.71.